The van der Waals surface area contributed by atoms with Crippen molar-refractivity contribution in [2.45, 2.75) is 25.9 Å². The molecule has 27 heavy (non-hydrogen) atoms. The summed E-state index contributed by atoms with van der Waals surface area (Å²) in [7, 11) is 1.61. The molecular weight excluding hydrogens is 344 g/mol. The summed E-state index contributed by atoms with van der Waals surface area (Å²) in [6.45, 7) is 5.83. The molecule has 1 saturated heterocycles. The molecule has 1 aliphatic heterocycles. The van der Waals surface area contributed by atoms with E-state index in [1.807, 2.05) is 42.2 Å². The number of aliphatic hydroxyl groups excluding tert-OH is 1. The van der Waals surface area contributed by atoms with Crippen molar-refractivity contribution in [3.63, 3.8) is 0 Å². The minimum Gasteiger partial charge on any atom is -0.493 e. The molecule has 0 radical (unpaired) electrons. The molecule has 3 rings (SSSR count). The SMILES string of the molecule is C/C=C\c1ccc(OC[C@@H](O)CN2CCN(C(=O)C3CC3)CC2)c(OC)c1. The quantitative estimate of drug-likeness (QED) is 0.754. The zero-order chi connectivity index (χ0) is 19.2. The van der Waals surface area contributed by atoms with E-state index in [1.54, 1.807) is 7.11 Å². The number of piperazine rings is 1. The van der Waals surface area contributed by atoms with Gasteiger partial charge in [-0.2, -0.15) is 0 Å². The number of benzene rings is 1. The Hall–Kier alpha value is -2.05. The van der Waals surface area contributed by atoms with Gasteiger partial charge in [-0.05, 0) is 37.5 Å². The van der Waals surface area contributed by atoms with Crippen LogP contribution in [0.3, 0.4) is 0 Å². The van der Waals surface area contributed by atoms with Gasteiger partial charge in [-0.15, -0.1) is 0 Å². The first-order chi connectivity index (χ1) is 13.1. The van der Waals surface area contributed by atoms with Gasteiger partial charge in [0.05, 0.1) is 7.11 Å². The minimum absolute atomic E-state index is 0.209. The van der Waals surface area contributed by atoms with Crippen molar-refractivity contribution in [1.82, 2.24) is 9.80 Å². The smallest absolute Gasteiger partial charge is 0.225 e. The Morgan fingerprint density at radius 2 is 2.00 bits per heavy atom. The first-order valence-electron chi connectivity index (χ1n) is 9.73. The third-order valence-corrected chi connectivity index (χ3v) is 5.06. The van der Waals surface area contributed by atoms with Crippen LogP contribution < -0.4 is 9.47 Å². The summed E-state index contributed by atoms with van der Waals surface area (Å²) in [5, 5.41) is 10.3. The normalized spacial score (nSPS) is 19.3. The molecule has 0 aromatic heterocycles. The number of ether oxygens (including phenoxy) is 2. The van der Waals surface area contributed by atoms with Crippen molar-refractivity contribution < 1.29 is 19.4 Å². The van der Waals surface area contributed by atoms with Gasteiger partial charge in [-0.1, -0.05) is 18.2 Å². The largest absolute Gasteiger partial charge is 0.493 e. The highest BCUT2D eigenvalue weighted by molar-refractivity contribution is 5.81. The van der Waals surface area contributed by atoms with Gasteiger partial charge in [0.15, 0.2) is 11.5 Å². The number of allylic oxidation sites excluding steroid dienone is 1. The average Bonchev–Trinajstić information content (AvgIpc) is 3.52. The monoisotopic (exact) mass is 374 g/mol. The second kappa shape index (κ2) is 9.24. The Kier molecular flexibility index (Phi) is 6.74. The van der Waals surface area contributed by atoms with Gasteiger partial charge >= 0.3 is 0 Å². The number of methoxy groups -OCH3 is 1. The summed E-state index contributed by atoms with van der Waals surface area (Å²) >= 11 is 0. The second-order valence-electron chi connectivity index (χ2n) is 7.28. The Morgan fingerprint density at radius 1 is 1.26 bits per heavy atom. The average molecular weight is 374 g/mol. The summed E-state index contributed by atoms with van der Waals surface area (Å²) in [6, 6.07) is 5.74. The number of carbonyl (C=O) groups is 1. The van der Waals surface area contributed by atoms with Crippen LogP contribution in [0.15, 0.2) is 24.3 Å². The number of carbonyl (C=O) groups excluding carboxylic acids is 1. The molecule has 1 aromatic carbocycles. The lowest BCUT2D eigenvalue weighted by Crippen LogP contribution is -2.51. The van der Waals surface area contributed by atoms with Crippen LogP contribution >= 0.6 is 0 Å². The standard InChI is InChI=1S/C21H30N2O4/c1-3-4-16-5-8-19(20(13-16)26-2)27-15-18(24)14-22-9-11-23(12-10-22)21(25)17-6-7-17/h3-5,8,13,17-18,24H,6-7,9-12,14-15H2,1-2H3/b4-3-/t18-/m0/s1. The second-order valence-corrected chi connectivity index (χ2v) is 7.28. The van der Waals surface area contributed by atoms with Gasteiger partial charge in [-0.3, -0.25) is 9.69 Å². The molecule has 0 bridgehead atoms. The highest BCUT2D eigenvalue weighted by Crippen LogP contribution is 2.31. The topological polar surface area (TPSA) is 62.2 Å². The number of nitrogens with zero attached hydrogens (tertiary/aromatic N) is 2. The molecule has 6 nitrogen and oxygen atoms in total. The summed E-state index contributed by atoms with van der Waals surface area (Å²) in [4.78, 5) is 16.3. The van der Waals surface area contributed by atoms with E-state index in [1.165, 1.54) is 0 Å². The van der Waals surface area contributed by atoms with E-state index in [0.29, 0.717) is 24.0 Å². The number of hydrogen-bond donors (Lipinski definition) is 1. The van der Waals surface area contributed by atoms with E-state index in [0.717, 1.165) is 44.6 Å². The third-order valence-electron chi connectivity index (χ3n) is 5.06. The van der Waals surface area contributed by atoms with E-state index in [9.17, 15) is 9.90 Å². The van der Waals surface area contributed by atoms with Crippen molar-refractivity contribution in [1.29, 1.82) is 0 Å². The maximum Gasteiger partial charge on any atom is 0.225 e. The number of amides is 1. The predicted octanol–water partition coefficient (Wildman–Crippen LogP) is 2.02. The van der Waals surface area contributed by atoms with Crippen molar-refractivity contribution in [3.05, 3.63) is 29.8 Å². The van der Waals surface area contributed by atoms with Crippen LogP contribution in [0.4, 0.5) is 0 Å². The fourth-order valence-electron chi connectivity index (χ4n) is 3.38. The lowest BCUT2D eigenvalue weighted by Gasteiger charge is -2.35. The van der Waals surface area contributed by atoms with E-state index < -0.39 is 6.10 Å². The molecule has 1 aliphatic carbocycles. The van der Waals surface area contributed by atoms with E-state index in [4.69, 9.17) is 9.47 Å². The molecule has 148 valence electrons. The number of aliphatic hydroxyl groups is 1. The Balaban J connectivity index is 1.43. The molecule has 1 aromatic rings. The lowest BCUT2D eigenvalue weighted by molar-refractivity contribution is -0.134. The van der Waals surface area contributed by atoms with E-state index in [-0.39, 0.29) is 12.5 Å². The molecule has 2 aliphatic rings. The summed E-state index contributed by atoms with van der Waals surface area (Å²) in [6.07, 6.45) is 5.48. The van der Waals surface area contributed by atoms with Crippen molar-refractivity contribution in [3.8, 4) is 11.5 Å². The summed E-state index contributed by atoms with van der Waals surface area (Å²) in [5.41, 5.74) is 1.04. The molecule has 1 N–H and O–H groups in total. The minimum atomic E-state index is -0.587. The van der Waals surface area contributed by atoms with E-state index >= 15 is 0 Å². The zero-order valence-corrected chi connectivity index (χ0v) is 16.3. The summed E-state index contributed by atoms with van der Waals surface area (Å²) < 4.78 is 11.2. The van der Waals surface area contributed by atoms with Crippen LogP contribution in [0.1, 0.15) is 25.3 Å². The first-order valence-corrected chi connectivity index (χ1v) is 9.73. The van der Waals surface area contributed by atoms with Crippen LogP contribution in [0.2, 0.25) is 0 Å². The van der Waals surface area contributed by atoms with Crippen LogP contribution in [-0.2, 0) is 4.79 Å². The van der Waals surface area contributed by atoms with Gasteiger partial charge < -0.3 is 19.5 Å². The van der Waals surface area contributed by atoms with Crippen molar-refractivity contribution in [2.75, 3.05) is 46.4 Å². The number of β-amino-alcohol motifs (C(OH)–C–C–N with tert-alkyl or cyclic N) is 1. The van der Waals surface area contributed by atoms with Crippen LogP contribution in [-0.4, -0.2) is 73.4 Å². The Labute approximate surface area is 161 Å². The van der Waals surface area contributed by atoms with Gasteiger partial charge in [-0.25, -0.2) is 0 Å². The number of hydrogen-bond acceptors (Lipinski definition) is 5. The van der Waals surface area contributed by atoms with Crippen LogP contribution in [0.25, 0.3) is 6.08 Å². The Bertz CT molecular complexity index is 664. The molecule has 1 saturated carbocycles. The molecule has 1 heterocycles. The molecule has 1 amide bonds. The highest BCUT2D eigenvalue weighted by atomic mass is 16.5. The van der Waals surface area contributed by atoms with Crippen molar-refractivity contribution in [2.24, 2.45) is 5.92 Å². The maximum absolute atomic E-state index is 12.1. The zero-order valence-electron chi connectivity index (χ0n) is 16.3. The van der Waals surface area contributed by atoms with Crippen molar-refractivity contribution >= 4 is 12.0 Å². The third kappa shape index (κ3) is 5.47. The molecule has 0 spiro atoms. The maximum atomic E-state index is 12.1. The van der Waals surface area contributed by atoms with Gasteiger partial charge in [0.2, 0.25) is 5.91 Å². The summed E-state index contributed by atoms with van der Waals surface area (Å²) in [5.74, 6) is 1.88. The Morgan fingerprint density at radius 3 is 2.63 bits per heavy atom. The molecular formula is C21H30N2O4. The fraction of sp³-hybridized carbons (Fsp3) is 0.571. The van der Waals surface area contributed by atoms with E-state index in [2.05, 4.69) is 4.90 Å². The molecule has 1 atom stereocenters. The molecule has 0 unspecified atom stereocenters. The predicted molar refractivity (Wildman–Crippen MR) is 105 cm³/mol. The highest BCUT2D eigenvalue weighted by Gasteiger charge is 2.34. The molecule has 6 heteroatoms. The van der Waals surface area contributed by atoms with Gasteiger partial charge in [0, 0.05) is 38.6 Å². The lowest BCUT2D eigenvalue weighted by atomic mass is 10.2. The molecule has 2 fully saturated rings. The fourth-order valence-corrected chi connectivity index (χ4v) is 3.38. The van der Waals surface area contributed by atoms with Gasteiger partial charge in [0.1, 0.15) is 12.7 Å². The number of rotatable bonds is 8. The van der Waals surface area contributed by atoms with Crippen LogP contribution in [0.5, 0.6) is 11.5 Å². The van der Waals surface area contributed by atoms with Gasteiger partial charge in [0.25, 0.3) is 0 Å². The first kappa shape index (κ1) is 19.7. The van der Waals surface area contributed by atoms with Crippen LogP contribution in [0, 0.1) is 5.92 Å².